The van der Waals surface area contributed by atoms with Gasteiger partial charge in [-0.05, 0) is 42.7 Å². The predicted octanol–water partition coefficient (Wildman–Crippen LogP) is 3.84. The Balaban J connectivity index is 1.23. The Kier molecular flexibility index (Phi) is 4.36. The summed E-state index contributed by atoms with van der Waals surface area (Å²) in [6, 6.07) is 9.35. The van der Waals surface area contributed by atoms with Gasteiger partial charge in [-0.25, -0.2) is 18.7 Å². The molecule has 3 fully saturated rings. The average molecular weight is 490 g/mol. The Morgan fingerprint density at radius 3 is 2.81 bits per heavy atom. The fraction of sp³-hybridized carbons (Fsp3) is 0.320. The molecular formula is C25H20F2N6O3. The van der Waals surface area contributed by atoms with Crippen molar-refractivity contribution in [2.75, 3.05) is 5.32 Å². The number of benzene rings is 1. The number of hydrogen-bond donors (Lipinski definition) is 2. The minimum Gasteiger partial charge on any atom is -0.481 e. The highest BCUT2D eigenvalue weighted by molar-refractivity contribution is 5.85. The fourth-order valence-electron chi connectivity index (χ4n) is 6.57. The van der Waals surface area contributed by atoms with Crippen molar-refractivity contribution in [3.63, 3.8) is 0 Å². The number of hydrogen-bond acceptors (Lipinski definition) is 7. The molecule has 5 unspecified atom stereocenters. The van der Waals surface area contributed by atoms with Gasteiger partial charge in [0.05, 0.1) is 23.9 Å². The summed E-state index contributed by atoms with van der Waals surface area (Å²) < 4.78 is 35.6. The van der Waals surface area contributed by atoms with E-state index in [4.69, 9.17) is 4.52 Å². The summed E-state index contributed by atoms with van der Waals surface area (Å²) in [5.41, 5.74) is 0.977. The minimum atomic E-state index is -0.829. The van der Waals surface area contributed by atoms with E-state index < -0.39 is 17.2 Å². The second kappa shape index (κ2) is 7.42. The van der Waals surface area contributed by atoms with Gasteiger partial charge in [-0.2, -0.15) is 5.10 Å². The van der Waals surface area contributed by atoms with Gasteiger partial charge in [0.25, 0.3) is 0 Å². The topological polar surface area (TPSA) is 119 Å². The molecule has 7 rings (SSSR count). The number of carboxylic acids is 1. The number of aromatic nitrogens is 5. The van der Waals surface area contributed by atoms with Crippen molar-refractivity contribution in [2.24, 2.45) is 23.2 Å². The number of halogens is 2. The predicted molar refractivity (Wildman–Crippen MR) is 121 cm³/mol. The lowest BCUT2D eigenvalue weighted by Gasteiger charge is -2.43. The van der Waals surface area contributed by atoms with Crippen LogP contribution in [-0.2, 0) is 11.3 Å². The zero-order valence-corrected chi connectivity index (χ0v) is 18.8. The van der Waals surface area contributed by atoms with Crippen LogP contribution in [-0.4, -0.2) is 42.0 Å². The third-order valence-electron chi connectivity index (χ3n) is 8.10. The first-order valence-electron chi connectivity index (χ1n) is 11.7. The molecule has 1 aromatic carbocycles. The number of nitrogens with one attached hydrogen (secondary N) is 1. The number of anilines is 1. The summed E-state index contributed by atoms with van der Waals surface area (Å²) in [4.78, 5) is 20.5. The van der Waals surface area contributed by atoms with E-state index in [0.29, 0.717) is 22.6 Å². The van der Waals surface area contributed by atoms with Gasteiger partial charge in [0.1, 0.15) is 23.5 Å². The molecule has 0 aliphatic heterocycles. The van der Waals surface area contributed by atoms with Crippen molar-refractivity contribution < 1.29 is 23.2 Å². The lowest BCUT2D eigenvalue weighted by Crippen LogP contribution is -2.54. The van der Waals surface area contributed by atoms with Gasteiger partial charge in [-0.3, -0.25) is 9.48 Å². The maximum atomic E-state index is 14.7. The first-order valence-corrected chi connectivity index (χ1v) is 11.7. The van der Waals surface area contributed by atoms with Crippen LogP contribution in [0.15, 0.2) is 53.4 Å². The summed E-state index contributed by atoms with van der Waals surface area (Å²) in [7, 11) is 0. The molecule has 11 heteroatoms. The zero-order valence-electron chi connectivity index (χ0n) is 18.8. The molecule has 4 aromatic rings. The van der Waals surface area contributed by atoms with Crippen molar-refractivity contribution in [3.05, 3.63) is 66.1 Å². The third kappa shape index (κ3) is 2.82. The number of rotatable bonds is 7. The van der Waals surface area contributed by atoms with Gasteiger partial charge in [-0.1, -0.05) is 23.4 Å². The average Bonchev–Trinajstić information content (AvgIpc) is 3.38. The van der Waals surface area contributed by atoms with Crippen LogP contribution in [0.5, 0.6) is 0 Å². The molecule has 3 heterocycles. The minimum absolute atomic E-state index is 0.0479. The molecule has 0 spiro atoms. The molecule has 2 N–H and O–H groups in total. The van der Waals surface area contributed by atoms with Gasteiger partial charge in [0.2, 0.25) is 0 Å². The zero-order chi connectivity index (χ0) is 24.6. The summed E-state index contributed by atoms with van der Waals surface area (Å²) in [6.07, 6.45) is 4.30. The van der Waals surface area contributed by atoms with Crippen LogP contribution < -0.4 is 5.32 Å². The van der Waals surface area contributed by atoms with Crippen molar-refractivity contribution in [1.82, 2.24) is 24.9 Å². The standard InChI is InChI=1S/C25H20F2N6O3/c26-15-4-2-1-3-12(15)11-33-19(17-7-8-36-32-17)9-18(31-33)23-28-10-16(27)22(30-23)29-21-13-5-6-14-20(13)25(14,21)24(34)35/h1-4,7-10,13-14,20-21H,5-6,11H2,(H,34,35)(H,28,29,30). The number of carbonyl (C=O) groups is 1. The van der Waals surface area contributed by atoms with E-state index in [-0.39, 0.29) is 47.8 Å². The fourth-order valence-corrected chi connectivity index (χ4v) is 6.57. The second-order valence-electron chi connectivity index (χ2n) is 9.67. The first-order chi connectivity index (χ1) is 17.5. The molecule has 3 saturated carbocycles. The summed E-state index contributed by atoms with van der Waals surface area (Å²) in [6.45, 7) is 0.120. The maximum absolute atomic E-state index is 14.7. The van der Waals surface area contributed by atoms with Crippen molar-refractivity contribution in [3.8, 4) is 22.9 Å². The summed E-state index contributed by atoms with van der Waals surface area (Å²) in [5, 5.41) is 21.5. The number of nitrogens with zero attached hydrogens (tertiary/aromatic N) is 5. The quantitative estimate of drug-likeness (QED) is 0.401. The Morgan fingerprint density at radius 2 is 2.06 bits per heavy atom. The van der Waals surface area contributed by atoms with Crippen LogP contribution in [0.3, 0.4) is 0 Å². The van der Waals surface area contributed by atoms with Crippen LogP contribution >= 0.6 is 0 Å². The van der Waals surface area contributed by atoms with Crippen molar-refractivity contribution in [1.29, 1.82) is 0 Å². The third-order valence-corrected chi connectivity index (χ3v) is 8.10. The van der Waals surface area contributed by atoms with E-state index in [0.717, 1.165) is 19.0 Å². The Labute approximate surface area is 203 Å². The molecule has 5 atom stereocenters. The van der Waals surface area contributed by atoms with E-state index in [2.05, 4.69) is 25.5 Å². The van der Waals surface area contributed by atoms with Crippen LogP contribution in [0.2, 0.25) is 0 Å². The Hall–Kier alpha value is -4.15. The maximum Gasteiger partial charge on any atom is 0.312 e. The monoisotopic (exact) mass is 490 g/mol. The van der Waals surface area contributed by atoms with E-state index >= 15 is 0 Å². The molecule has 3 aliphatic carbocycles. The summed E-state index contributed by atoms with van der Waals surface area (Å²) in [5.74, 6) is -1.22. The molecule has 0 radical (unpaired) electrons. The van der Waals surface area contributed by atoms with Gasteiger partial charge in [0.15, 0.2) is 17.5 Å². The van der Waals surface area contributed by atoms with Gasteiger partial charge in [0, 0.05) is 17.7 Å². The van der Waals surface area contributed by atoms with Crippen molar-refractivity contribution in [2.45, 2.75) is 25.4 Å². The van der Waals surface area contributed by atoms with Gasteiger partial charge >= 0.3 is 5.97 Å². The van der Waals surface area contributed by atoms with E-state index in [1.807, 2.05) is 0 Å². The highest BCUT2D eigenvalue weighted by Crippen LogP contribution is 2.81. The molecule has 3 aliphatic rings. The van der Waals surface area contributed by atoms with Crippen molar-refractivity contribution >= 4 is 11.8 Å². The normalized spacial score (nSPS) is 27.4. The van der Waals surface area contributed by atoms with Crippen LogP contribution in [0.4, 0.5) is 14.6 Å². The molecule has 0 bridgehead atoms. The van der Waals surface area contributed by atoms with Crippen LogP contribution in [0.25, 0.3) is 22.9 Å². The highest BCUT2D eigenvalue weighted by Gasteiger charge is 2.87. The highest BCUT2D eigenvalue weighted by atomic mass is 19.1. The molecule has 0 saturated heterocycles. The summed E-state index contributed by atoms with van der Waals surface area (Å²) >= 11 is 0. The lowest BCUT2D eigenvalue weighted by molar-refractivity contribution is -0.150. The molecule has 0 amide bonds. The van der Waals surface area contributed by atoms with E-state index in [1.165, 1.54) is 12.3 Å². The number of aliphatic carboxylic acids is 1. The molecule has 182 valence electrons. The van der Waals surface area contributed by atoms with Crippen LogP contribution in [0.1, 0.15) is 18.4 Å². The molecular weight excluding hydrogens is 470 g/mol. The number of carboxylic acid groups (broad SMARTS) is 1. The Morgan fingerprint density at radius 1 is 1.19 bits per heavy atom. The number of fused-ring (bicyclic) bond motifs is 1. The van der Waals surface area contributed by atoms with Gasteiger partial charge in [-0.15, -0.1) is 0 Å². The van der Waals surface area contributed by atoms with Gasteiger partial charge < -0.3 is 14.9 Å². The Bertz CT molecular complexity index is 1500. The second-order valence-corrected chi connectivity index (χ2v) is 9.67. The molecule has 3 aromatic heterocycles. The van der Waals surface area contributed by atoms with E-state index in [9.17, 15) is 18.7 Å². The molecule has 36 heavy (non-hydrogen) atoms. The lowest BCUT2D eigenvalue weighted by atomic mass is 9.66. The SMILES string of the molecule is O=C(O)C12C3CCC(C1Nc1nc(-c4cc(-c5ccon5)n(Cc5ccccc5F)n4)ncc1F)C32. The molecule has 9 nitrogen and oxygen atoms in total. The largest absolute Gasteiger partial charge is 0.481 e. The first kappa shape index (κ1) is 21.2. The van der Waals surface area contributed by atoms with E-state index in [1.54, 1.807) is 35.0 Å². The van der Waals surface area contributed by atoms with Crippen LogP contribution in [0, 0.1) is 34.8 Å². The smallest absolute Gasteiger partial charge is 0.312 e.